The van der Waals surface area contributed by atoms with Gasteiger partial charge in [-0.3, -0.25) is 14.2 Å². The van der Waals surface area contributed by atoms with E-state index in [1.54, 1.807) is 37.3 Å². The third kappa shape index (κ3) is 3.94. The van der Waals surface area contributed by atoms with E-state index in [0.717, 1.165) is 16.0 Å². The average molecular weight is 454 g/mol. The molecule has 1 atom stereocenters. The van der Waals surface area contributed by atoms with Gasteiger partial charge in [0.2, 0.25) is 5.91 Å². The molecule has 0 saturated carbocycles. The molecule has 0 saturated heterocycles. The summed E-state index contributed by atoms with van der Waals surface area (Å²) in [5.74, 6) is 0.204. The summed E-state index contributed by atoms with van der Waals surface area (Å²) in [5.41, 5.74) is 1.98. The zero-order valence-electron chi connectivity index (χ0n) is 17.2. The highest BCUT2D eigenvalue weighted by Gasteiger charge is 2.22. The van der Waals surface area contributed by atoms with Gasteiger partial charge < -0.3 is 10.1 Å². The molecule has 6 nitrogen and oxygen atoms in total. The van der Waals surface area contributed by atoms with Gasteiger partial charge in [-0.2, -0.15) is 0 Å². The molecule has 2 aromatic heterocycles. The molecule has 0 fully saturated rings. The van der Waals surface area contributed by atoms with E-state index < -0.39 is 6.04 Å². The van der Waals surface area contributed by atoms with Crippen LogP contribution in [0.4, 0.5) is 5.69 Å². The van der Waals surface area contributed by atoms with Crippen molar-refractivity contribution in [2.75, 3.05) is 12.4 Å². The Hall–Kier alpha value is -3.16. The molecule has 1 unspecified atom stereocenters. The number of thiophene rings is 1. The molecule has 158 valence electrons. The summed E-state index contributed by atoms with van der Waals surface area (Å²) >= 11 is 7.48. The minimum Gasteiger partial charge on any atom is -0.495 e. The number of methoxy groups -OCH3 is 1. The van der Waals surface area contributed by atoms with E-state index in [4.69, 9.17) is 16.3 Å². The Morgan fingerprint density at radius 3 is 2.61 bits per heavy atom. The molecule has 0 aliphatic rings. The van der Waals surface area contributed by atoms with Crippen molar-refractivity contribution in [3.05, 3.63) is 75.1 Å². The van der Waals surface area contributed by atoms with Gasteiger partial charge in [0.05, 0.1) is 24.5 Å². The second-order valence-electron chi connectivity index (χ2n) is 7.04. The highest BCUT2D eigenvalue weighted by atomic mass is 35.5. The van der Waals surface area contributed by atoms with Crippen LogP contribution in [0.25, 0.3) is 21.3 Å². The Bertz CT molecular complexity index is 1330. The molecule has 0 bridgehead atoms. The molecular formula is C23H20ClN3O3S. The van der Waals surface area contributed by atoms with Crippen LogP contribution < -0.4 is 15.6 Å². The predicted octanol–water partition coefficient (Wildman–Crippen LogP) is 5.30. The third-order valence-electron chi connectivity index (χ3n) is 5.11. The van der Waals surface area contributed by atoms with Crippen LogP contribution in [0.2, 0.25) is 5.02 Å². The maximum absolute atomic E-state index is 13.4. The summed E-state index contributed by atoms with van der Waals surface area (Å²) in [7, 11) is 1.54. The van der Waals surface area contributed by atoms with E-state index in [9.17, 15) is 9.59 Å². The molecule has 0 aliphatic heterocycles. The smallest absolute Gasteiger partial charge is 0.263 e. The number of halogens is 1. The standard InChI is InChI=1S/C23H20ClN3O3S/c1-13(21(28)26-17-6-4-5-7-18(17)30-3)27-12-25-22-20(23(27)29)19(14(2)31-22)15-8-10-16(24)11-9-15/h4-13H,1-3H3,(H,26,28). The summed E-state index contributed by atoms with van der Waals surface area (Å²) in [6, 6.07) is 13.7. The van der Waals surface area contributed by atoms with Crippen molar-refractivity contribution in [1.82, 2.24) is 9.55 Å². The van der Waals surface area contributed by atoms with Crippen LogP contribution in [0.5, 0.6) is 5.75 Å². The van der Waals surface area contributed by atoms with Crippen molar-refractivity contribution in [2.45, 2.75) is 19.9 Å². The lowest BCUT2D eigenvalue weighted by molar-refractivity contribution is -0.118. The topological polar surface area (TPSA) is 73.2 Å². The van der Waals surface area contributed by atoms with E-state index in [2.05, 4.69) is 10.3 Å². The molecule has 8 heteroatoms. The monoisotopic (exact) mass is 453 g/mol. The van der Waals surface area contributed by atoms with Crippen molar-refractivity contribution in [3.8, 4) is 16.9 Å². The lowest BCUT2D eigenvalue weighted by atomic mass is 10.0. The number of aromatic nitrogens is 2. The maximum atomic E-state index is 13.4. The summed E-state index contributed by atoms with van der Waals surface area (Å²) < 4.78 is 6.65. The number of hydrogen-bond donors (Lipinski definition) is 1. The number of nitrogens with zero attached hydrogens (tertiary/aromatic N) is 2. The molecule has 2 heterocycles. The minimum absolute atomic E-state index is 0.262. The normalized spacial score (nSPS) is 12.0. The van der Waals surface area contributed by atoms with Gasteiger partial charge in [0.1, 0.15) is 16.6 Å². The lowest BCUT2D eigenvalue weighted by Gasteiger charge is -2.16. The van der Waals surface area contributed by atoms with Gasteiger partial charge in [0, 0.05) is 15.5 Å². The number of carbonyl (C=O) groups excluding carboxylic acids is 1. The van der Waals surface area contributed by atoms with E-state index >= 15 is 0 Å². The highest BCUT2D eigenvalue weighted by molar-refractivity contribution is 7.19. The summed E-state index contributed by atoms with van der Waals surface area (Å²) in [4.78, 5) is 32.4. The predicted molar refractivity (Wildman–Crippen MR) is 125 cm³/mol. The Labute approximate surface area is 188 Å². The largest absolute Gasteiger partial charge is 0.495 e. The number of carbonyl (C=O) groups is 1. The first-order chi connectivity index (χ1) is 14.9. The van der Waals surface area contributed by atoms with Crippen LogP contribution in [0, 0.1) is 6.92 Å². The van der Waals surface area contributed by atoms with Crippen molar-refractivity contribution < 1.29 is 9.53 Å². The van der Waals surface area contributed by atoms with E-state index in [1.807, 2.05) is 25.1 Å². The molecule has 4 rings (SSSR count). The highest BCUT2D eigenvalue weighted by Crippen LogP contribution is 2.36. The number of amides is 1. The molecule has 4 aromatic rings. The van der Waals surface area contributed by atoms with Crippen LogP contribution in [0.15, 0.2) is 59.7 Å². The fourth-order valence-corrected chi connectivity index (χ4v) is 4.60. The van der Waals surface area contributed by atoms with Crippen molar-refractivity contribution in [2.24, 2.45) is 0 Å². The zero-order valence-corrected chi connectivity index (χ0v) is 18.8. The number of aryl methyl sites for hydroxylation is 1. The molecule has 31 heavy (non-hydrogen) atoms. The second kappa shape index (κ2) is 8.53. The molecule has 0 radical (unpaired) electrons. The van der Waals surface area contributed by atoms with Crippen LogP contribution in [0.3, 0.4) is 0 Å². The number of ether oxygens (including phenoxy) is 1. The number of benzene rings is 2. The summed E-state index contributed by atoms with van der Waals surface area (Å²) in [6.07, 6.45) is 1.43. The number of anilines is 1. The molecule has 1 N–H and O–H groups in total. The minimum atomic E-state index is -0.771. The SMILES string of the molecule is COc1ccccc1NC(=O)C(C)n1cnc2sc(C)c(-c3ccc(Cl)cc3)c2c1=O. The third-order valence-corrected chi connectivity index (χ3v) is 6.37. The van der Waals surface area contributed by atoms with E-state index in [-0.39, 0.29) is 11.5 Å². The number of para-hydroxylation sites is 2. The second-order valence-corrected chi connectivity index (χ2v) is 8.68. The summed E-state index contributed by atoms with van der Waals surface area (Å²) in [5, 5.41) is 3.96. The Morgan fingerprint density at radius 1 is 1.19 bits per heavy atom. The lowest BCUT2D eigenvalue weighted by Crippen LogP contribution is -2.31. The maximum Gasteiger partial charge on any atom is 0.263 e. The quantitative estimate of drug-likeness (QED) is 0.445. The Balaban J connectivity index is 1.75. The van der Waals surface area contributed by atoms with Crippen molar-refractivity contribution in [1.29, 1.82) is 0 Å². The number of fused-ring (bicyclic) bond motifs is 1. The van der Waals surface area contributed by atoms with Gasteiger partial charge in [0.15, 0.2) is 0 Å². The van der Waals surface area contributed by atoms with Crippen molar-refractivity contribution >= 4 is 44.7 Å². The van der Waals surface area contributed by atoms with E-state index in [0.29, 0.717) is 26.7 Å². The molecule has 0 spiro atoms. The van der Waals surface area contributed by atoms with E-state index in [1.165, 1.54) is 29.3 Å². The molecule has 0 aliphatic carbocycles. The van der Waals surface area contributed by atoms with Crippen LogP contribution in [-0.2, 0) is 4.79 Å². The van der Waals surface area contributed by atoms with Gasteiger partial charge in [-0.1, -0.05) is 35.9 Å². The average Bonchev–Trinajstić information content (AvgIpc) is 3.11. The Kier molecular flexibility index (Phi) is 5.80. The molecule has 2 aromatic carbocycles. The van der Waals surface area contributed by atoms with Gasteiger partial charge in [-0.05, 0) is 43.7 Å². The summed E-state index contributed by atoms with van der Waals surface area (Å²) in [6.45, 7) is 3.62. The van der Waals surface area contributed by atoms with Gasteiger partial charge in [-0.15, -0.1) is 11.3 Å². The first-order valence-electron chi connectivity index (χ1n) is 9.60. The van der Waals surface area contributed by atoms with Crippen LogP contribution >= 0.6 is 22.9 Å². The first kappa shape index (κ1) is 21.1. The molecule has 1 amide bonds. The van der Waals surface area contributed by atoms with Crippen LogP contribution in [0.1, 0.15) is 17.8 Å². The van der Waals surface area contributed by atoms with Crippen molar-refractivity contribution in [3.63, 3.8) is 0 Å². The van der Waals surface area contributed by atoms with Gasteiger partial charge in [-0.25, -0.2) is 4.98 Å². The Morgan fingerprint density at radius 2 is 1.90 bits per heavy atom. The first-order valence-corrected chi connectivity index (χ1v) is 10.8. The number of hydrogen-bond acceptors (Lipinski definition) is 5. The fourth-order valence-electron chi connectivity index (χ4n) is 3.47. The van der Waals surface area contributed by atoms with Crippen LogP contribution in [-0.4, -0.2) is 22.6 Å². The fraction of sp³-hybridized carbons (Fsp3) is 0.174. The number of rotatable bonds is 5. The molecular weight excluding hydrogens is 434 g/mol. The zero-order chi connectivity index (χ0) is 22.1. The van der Waals surface area contributed by atoms with Gasteiger partial charge >= 0.3 is 0 Å². The number of nitrogens with one attached hydrogen (secondary N) is 1. The van der Waals surface area contributed by atoms with Gasteiger partial charge in [0.25, 0.3) is 5.56 Å².